The van der Waals surface area contributed by atoms with E-state index in [-0.39, 0.29) is 5.91 Å². The molecule has 0 saturated carbocycles. The van der Waals surface area contributed by atoms with Crippen LogP contribution in [0.3, 0.4) is 0 Å². The van der Waals surface area contributed by atoms with Gasteiger partial charge in [-0.15, -0.1) is 11.3 Å². The highest BCUT2D eigenvalue weighted by Crippen LogP contribution is 2.17. The van der Waals surface area contributed by atoms with E-state index in [2.05, 4.69) is 41.6 Å². The number of guanidine groups is 1. The molecule has 1 aromatic heterocycles. The quantitative estimate of drug-likeness (QED) is 0.613. The Bertz CT molecular complexity index is 555. The van der Waals surface area contributed by atoms with Crippen molar-refractivity contribution in [3.63, 3.8) is 0 Å². The zero-order valence-corrected chi connectivity index (χ0v) is 15.9. The second-order valence-electron chi connectivity index (χ2n) is 6.26. The second-order valence-corrected chi connectivity index (χ2v) is 7.51. The Hall–Kier alpha value is -1.56. The Morgan fingerprint density at radius 3 is 2.79 bits per heavy atom. The number of aryl methyl sites for hydroxylation is 1. The van der Waals surface area contributed by atoms with Gasteiger partial charge in [0.1, 0.15) is 0 Å². The Kier molecular flexibility index (Phi) is 7.56. The zero-order chi connectivity index (χ0) is 17.4. The highest BCUT2D eigenvalue weighted by atomic mass is 32.1. The average molecular weight is 351 g/mol. The molecule has 2 heterocycles. The molecular formula is C18H30N4OS. The first-order valence-electron chi connectivity index (χ1n) is 8.95. The molecule has 1 atom stereocenters. The summed E-state index contributed by atoms with van der Waals surface area (Å²) in [5.74, 6) is 0.997. The molecule has 5 nitrogen and oxygen atoms in total. The first-order chi connectivity index (χ1) is 11.6. The summed E-state index contributed by atoms with van der Waals surface area (Å²) in [4.78, 5) is 21.3. The smallest absolute Gasteiger partial charge is 0.224 e. The molecule has 0 bridgehead atoms. The fraction of sp³-hybridized carbons (Fsp3) is 0.667. The standard InChI is InChI=1S/C18H30N4OS/c1-4-15-8-9-16(24-15)13-21-18(19-3)20-11-10-17(23)22-12-6-5-7-14(22)2/h8-9,14H,4-7,10-13H2,1-3H3,(H2,19,20,21). The van der Waals surface area contributed by atoms with Crippen molar-refractivity contribution in [1.29, 1.82) is 0 Å². The summed E-state index contributed by atoms with van der Waals surface area (Å²) < 4.78 is 0. The molecule has 1 saturated heterocycles. The zero-order valence-electron chi connectivity index (χ0n) is 15.1. The van der Waals surface area contributed by atoms with E-state index < -0.39 is 0 Å². The summed E-state index contributed by atoms with van der Waals surface area (Å²) in [7, 11) is 1.76. The third-order valence-corrected chi connectivity index (χ3v) is 5.70. The molecule has 1 amide bonds. The number of carbonyl (C=O) groups excluding carboxylic acids is 1. The largest absolute Gasteiger partial charge is 0.356 e. The number of aliphatic imine (C=N–C) groups is 1. The maximum atomic E-state index is 12.3. The SMILES string of the molecule is CCc1ccc(CNC(=NC)NCCC(=O)N2CCCCC2C)s1. The van der Waals surface area contributed by atoms with Crippen LogP contribution in [-0.4, -0.2) is 42.9 Å². The van der Waals surface area contributed by atoms with E-state index in [1.807, 2.05) is 16.2 Å². The molecule has 1 aromatic rings. The minimum absolute atomic E-state index is 0.246. The van der Waals surface area contributed by atoms with Crippen molar-refractivity contribution >= 4 is 23.2 Å². The highest BCUT2D eigenvalue weighted by Gasteiger charge is 2.22. The van der Waals surface area contributed by atoms with Gasteiger partial charge < -0.3 is 15.5 Å². The van der Waals surface area contributed by atoms with E-state index >= 15 is 0 Å². The molecule has 2 rings (SSSR count). The van der Waals surface area contributed by atoms with E-state index in [0.29, 0.717) is 19.0 Å². The van der Waals surface area contributed by atoms with Gasteiger partial charge in [-0.1, -0.05) is 6.92 Å². The van der Waals surface area contributed by atoms with E-state index in [1.165, 1.54) is 16.2 Å². The van der Waals surface area contributed by atoms with Crippen LogP contribution < -0.4 is 10.6 Å². The van der Waals surface area contributed by atoms with Gasteiger partial charge >= 0.3 is 0 Å². The maximum Gasteiger partial charge on any atom is 0.224 e. The van der Waals surface area contributed by atoms with E-state index in [9.17, 15) is 4.79 Å². The molecule has 1 fully saturated rings. The van der Waals surface area contributed by atoms with Crippen LogP contribution in [0.2, 0.25) is 0 Å². The van der Waals surface area contributed by atoms with Crippen LogP contribution in [0.5, 0.6) is 0 Å². The van der Waals surface area contributed by atoms with Crippen molar-refractivity contribution in [2.24, 2.45) is 4.99 Å². The van der Waals surface area contributed by atoms with E-state index in [1.54, 1.807) is 7.05 Å². The predicted molar refractivity (Wildman–Crippen MR) is 102 cm³/mol. The lowest BCUT2D eigenvalue weighted by Gasteiger charge is -2.33. The van der Waals surface area contributed by atoms with Crippen LogP contribution in [0.25, 0.3) is 0 Å². The minimum Gasteiger partial charge on any atom is -0.356 e. The number of nitrogens with one attached hydrogen (secondary N) is 2. The molecule has 6 heteroatoms. The molecule has 0 aliphatic carbocycles. The number of hydrogen-bond acceptors (Lipinski definition) is 3. The summed E-state index contributed by atoms with van der Waals surface area (Å²) >= 11 is 1.83. The number of likely N-dealkylation sites (tertiary alicyclic amines) is 1. The van der Waals surface area contributed by atoms with Crippen molar-refractivity contribution in [3.05, 3.63) is 21.9 Å². The van der Waals surface area contributed by atoms with Gasteiger partial charge in [-0.3, -0.25) is 9.79 Å². The Morgan fingerprint density at radius 1 is 1.33 bits per heavy atom. The summed E-state index contributed by atoms with van der Waals surface area (Å²) in [6.45, 7) is 6.61. The monoisotopic (exact) mass is 350 g/mol. The summed E-state index contributed by atoms with van der Waals surface area (Å²) in [5, 5.41) is 6.55. The fourth-order valence-electron chi connectivity index (χ4n) is 3.00. The predicted octanol–water partition coefficient (Wildman–Crippen LogP) is 2.77. The Morgan fingerprint density at radius 2 is 2.12 bits per heavy atom. The molecular weight excluding hydrogens is 320 g/mol. The van der Waals surface area contributed by atoms with Gasteiger partial charge in [0.25, 0.3) is 0 Å². The molecule has 0 radical (unpaired) electrons. The van der Waals surface area contributed by atoms with Crippen molar-refractivity contribution in [3.8, 4) is 0 Å². The van der Waals surface area contributed by atoms with Crippen LogP contribution in [0.1, 0.15) is 49.3 Å². The molecule has 0 spiro atoms. The summed E-state index contributed by atoms with van der Waals surface area (Å²) in [5.41, 5.74) is 0. The molecule has 24 heavy (non-hydrogen) atoms. The summed E-state index contributed by atoms with van der Waals surface area (Å²) in [6.07, 6.45) is 5.09. The van der Waals surface area contributed by atoms with Gasteiger partial charge in [0.15, 0.2) is 5.96 Å². The third-order valence-electron chi connectivity index (χ3n) is 4.47. The van der Waals surface area contributed by atoms with Crippen molar-refractivity contribution in [1.82, 2.24) is 15.5 Å². The summed E-state index contributed by atoms with van der Waals surface area (Å²) in [6, 6.07) is 4.72. The lowest BCUT2D eigenvalue weighted by Crippen LogP contribution is -2.44. The van der Waals surface area contributed by atoms with Gasteiger partial charge in [-0.05, 0) is 44.7 Å². The van der Waals surface area contributed by atoms with Crippen LogP contribution in [-0.2, 0) is 17.8 Å². The Labute approximate surface area is 149 Å². The molecule has 1 unspecified atom stereocenters. The fourth-order valence-corrected chi connectivity index (χ4v) is 3.90. The number of thiophene rings is 1. The van der Waals surface area contributed by atoms with Gasteiger partial charge in [-0.2, -0.15) is 0 Å². The number of amides is 1. The molecule has 1 aliphatic rings. The number of carbonyl (C=O) groups is 1. The lowest BCUT2D eigenvalue weighted by atomic mass is 10.0. The van der Waals surface area contributed by atoms with Gasteiger partial charge in [0, 0.05) is 42.4 Å². The van der Waals surface area contributed by atoms with Gasteiger partial charge in [0.05, 0.1) is 6.54 Å². The van der Waals surface area contributed by atoms with Crippen molar-refractivity contribution in [2.75, 3.05) is 20.1 Å². The second kappa shape index (κ2) is 9.67. The molecule has 1 aliphatic heterocycles. The van der Waals surface area contributed by atoms with Crippen LogP contribution in [0, 0.1) is 0 Å². The number of hydrogen-bond donors (Lipinski definition) is 2. The number of rotatable bonds is 6. The van der Waals surface area contributed by atoms with Gasteiger partial charge in [0.2, 0.25) is 5.91 Å². The first kappa shape index (κ1) is 18.8. The van der Waals surface area contributed by atoms with Crippen LogP contribution >= 0.6 is 11.3 Å². The maximum absolute atomic E-state index is 12.3. The number of piperidine rings is 1. The van der Waals surface area contributed by atoms with E-state index in [4.69, 9.17) is 0 Å². The average Bonchev–Trinajstić information content (AvgIpc) is 3.06. The van der Waals surface area contributed by atoms with Crippen LogP contribution in [0.15, 0.2) is 17.1 Å². The molecule has 134 valence electrons. The van der Waals surface area contributed by atoms with E-state index in [0.717, 1.165) is 38.3 Å². The van der Waals surface area contributed by atoms with Crippen LogP contribution in [0.4, 0.5) is 0 Å². The molecule has 0 aromatic carbocycles. The van der Waals surface area contributed by atoms with Gasteiger partial charge in [-0.25, -0.2) is 0 Å². The number of nitrogens with zero attached hydrogens (tertiary/aromatic N) is 2. The van der Waals surface area contributed by atoms with Crippen molar-refractivity contribution < 1.29 is 4.79 Å². The Balaban J connectivity index is 1.70. The third kappa shape index (κ3) is 5.51. The minimum atomic E-state index is 0.246. The first-order valence-corrected chi connectivity index (χ1v) is 9.77. The normalized spacial score (nSPS) is 18.5. The lowest BCUT2D eigenvalue weighted by molar-refractivity contribution is -0.134. The molecule has 2 N–H and O–H groups in total. The topological polar surface area (TPSA) is 56.7 Å². The van der Waals surface area contributed by atoms with Crippen molar-refractivity contribution in [2.45, 2.75) is 58.5 Å². The highest BCUT2D eigenvalue weighted by molar-refractivity contribution is 7.11.